The topological polar surface area (TPSA) is 72.4 Å². The molecule has 0 aromatic heterocycles. The maximum absolute atomic E-state index is 12.5. The number of hydrogen-bond acceptors (Lipinski definition) is 6. The lowest BCUT2D eigenvalue weighted by molar-refractivity contribution is 0.0962. The summed E-state index contributed by atoms with van der Waals surface area (Å²) in [5.74, 6) is 1.30. The first-order valence-electron chi connectivity index (χ1n) is 9.22. The van der Waals surface area contributed by atoms with Gasteiger partial charge in [-0.25, -0.2) is 4.99 Å². The van der Waals surface area contributed by atoms with Gasteiger partial charge in [0.15, 0.2) is 11.5 Å². The third-order valence-electron chi connectivity index (χ3n) is 4.28. The van der Waals surface area contributed by atoms with Crippen LogP contribution in [0.15, 0.2) is 23.2 Å². The van der Waals surface area contributed by atoms with Gasteiger partial charge in [-0.15, -0.1) is 0 Å². The largest absolute Gasteiger partial charge is 0.465 e. The normalized spacial score (nSPS) is 17.0. The molecule has 0 unspecified atom stereocenters. The highest BCUT2D eigenvalue weighted by Crippen LogP contribution is 2.32. The van der Waals surface area contributed by atoms with Crippen molar-refractivity contribution in [1.82, 2.24) is 10.2 Å². The zero-order chi connectivity index (χ0) is 18.4. The van der Waals surface area contributed by atoms with Crippen molar-refractivity contribution in [3.63, 3.8) is 0 Å². The Kier molecular flexibility index (Phi) is 6.33. The van der Waals surface area contributed by atoms with Gasteiger partial charge in [-0.1, -0.05) is 13.8 Å². The summed E-state index contributed by atoms with van der Waals surface area (Å²) in [5.41, 5.74) is 0.481. The Morgan fingerprint density at radius 2 is 2.04 bits per heavy atom. The molecule has 0 spiro atoms. The van der Waals surface area contributed by atoms with Crippen LogP contribution in [-0.4, -0.2) is 56.4 Å². The van der Waals surface area contributed by atoms with E-state index in [9.17, 15) is 4.79 Å². The molecule has 2 aliphatic rings. The van der Waals surface area contributed by atoms with Crippen LogP contribution in [0.5, 0.6) is 11.5 Å². The summed E-state index contributed by atoms with van der Waals surface area (Å²) in [6, 6.07) is 5.38. The molecule has 0 bridgehead atoms. The lowest BCUT2D eigenvalue weighted by Gasteiger charge is -2.15. The second-order valence-electron chi connectivity index (χ2n) is 6.96. The first-order valence-corrected chi connectivity index (χ1v) is 9.22. The molecule has 26 heavy (non-hydrogen) atoms. The number of amidine groups is 1. The predicted octanol–water partition coefficient (Wildman–Crippen LogP) is 2.27. The molecule has 1 saturated heterocycles. The van der Waals surface area contributed by atoms with E-state index in [2.05, 4.69) is 29.1 Å². The Bertz CT molecular complexity index is 654. The Labute approximate surface area is 154 Å². The van der Waals surface area contributed by atoms with Gasteiger partial charge in [0.1, 0.15) is 0 Å². The lowest BCUT2D eigenvalue weighted by Crippen LogP contribution is -2.34. The number of fused-ring (bicyclic) bond motifs is 1. The number of nitrogens with one attached hydrogen (secondary N) is 1. The van der Waals surface area contributed by atoms with Crippen LogP contribution >= 0.6 is 0 Å². The van der Waals surface area contributed by atoms with Crippen LogP contribution in [0.3, 0.4) is 0 Å². The van der Waals surface area contributed by atoms with E-state index in [1.54, 1.807) is 18.2 Å². The SMILES string of the molecule is CC(C)COC(=NCCN1CCCC1)NC(=O)c1ccc2c(c1)OCO2. The minimum absolute atomic E-state index is 0.182. The van der Waals surface area contributed by atoms with E-state index in [0.29, 0.717) is 36.1 Å². The summed E-state index contributed by atoms with van der Waals surface area (Å²) in [5, 5.41) is 2.78. The fraction of sp³-hybridized carbons (Fsp3) is 0.579. The van der Waals surface area contributed by atoms with Gasteiger partial charge < -0.3 is 19.1 Å². The first-order chi connectivity index (χ1) is 12.6. The fourth-order valence-corrected chi connectivity index (χ4v) is 2.87. The minimum atomic E-state index is -0.271. The van der Waals surface area contributed by atoms with Gasteiger partial charge in [-0.2, -0.15) is 0 Å². The van der Waals surface area contributed by atoms with E-state index in [1.165, 1.54) is 12.8 Å². The van der Waals surface area contributed by atoms with Crippen molar-refractivity contribution >= 4 is 11.9 Å². The Morgan fingerprint density at radius 1 is 1.27 bits per heavy atom. The zero-order valence-corrected chi connectivity index (χ0v) is 15.5. The number of likely N-dealkylation sites (tertiary alicyclic amines) is 1. The molecule has 0 atom stereocenters. The highest BCUT2D eigenvalue weighted by atomic mass is 16.7. The number of carbonyl (C=O) groups excluding carboxylic acids is 1. The fourth-order valence-electron chi connectivity index (χ4n) is 2.87. The molecule has 1 N–H and O–H groups in total. The molecular formula is C19H27N3O4. The third kappa shape index (κ3) is 5.11. The van der Waals surface area contributed by atoms with E-state index in [-0.39, 0.29) is 18.7 Å². The smallest absolute Gasteiger partial charge is 0.291 e. The van der Waals surface area contributed by atoms with E-state index in [4.69, 9.17) is 14.2 Å². The summed E-state index contributed by atoms with van der Waals surface area (Å²) in [7, 11) is 0. The van der Waals surface area contributed by atoms with Crippen molar-refractivity contribution in [2.75, 3.05) is 39.6 Å². The standard InChI is InChI=1S/C19H27N3O4/c1-14(2)12-24-19(20-7-10-22-8-3-4-9-22)21-18(23)15-5-6-16-17(11-15)26-13-25-16/h5-6,11,14H,3-4,7-10,12-13H2,1-2H3,(H,20,21,23). The van der Waals surface area contributed by atoms with Gasteiger partial charge in [0.25, 0.3) is 11.9 Å². The number of amides is 1. The van der Waals surface area contributed by atoms with Gasteiger partial charge >= 0.3 is 0 Å². The molecule has 2 heterocycles. The Hall–Kier alpha value is -2.28. The van der Waals surface area contributed by atoms with Crippen molar-refractivity contribution in [2.24, 2.45) is 10.9 Å². The number of aliphatic imine (C=N–C) groups is 1. The summed E-state index contributed by atoms with van der Waals surface area (Å²) in [6.07, 6.45) is 2.50. The molecule has 3 rings (SSSR count). The van der Waals surface area contributed by atoms with Gasteiger partial charge in [-0.3, -0.25) is 10.1 Å². The predicted molar refractivity (Wildman–Crippen MR) is 98.8 cm³/mol. The van der Waals surface area contributed by atoms with Gasteiger partial charge in [0, 0.05) is 12.1 Å². The number of carbonyl (C=O) groups is 1. The van der Waals surface area contributed by atoms with Crippen LogP contribution in [0.2, 0.25) is 0 Å². The molecule has 0 aliphatic carbocycles. The molecule has 1 aromatic carbocycles. The summed E-state index contributed by atoms with van der Waals surface area (Å²) in [6.45, 7) is 8.54. The monoisotopic (exact) mass is 361 g/mol. The molecule has 142 valence electrons. The highest BCUT2D eigenvalue weighted by molar-refractivity contribution is 6.04. The average molecular weight is 361 g/mol. The quantitative estimate of drug-likeness (QED) is 0.622. The van der Waals surface area contributed by atoms with Crippen LogP contribution in [0, 0.1) is 5.92 Å². The van der Waals surface area contributed by atoms with Crippen molar-refractivity contribution < 1.29 is 19.0 Å². The van der Waals surface area contributed by atoms with E-state index >= 15 is 0 Å². The molecule has 7 nitrogen and oxygen atoms in total. The average Bonchev–Trinajstić information content (AvgIpc) is 3.30. The molecular weight excluding hydrogens is 334 g/mol. The molecule has 1 fully saturated rings. The van der Waals surface area contributed by atoms with Gasteiger partial charge in [0.05, 0.1) is 13.2 Å². The second kappa shape index (κ2) is 8.89. The molecule has 1 aromatic rings. The second-order valence-corrected chi connectivity index (χ2v) is 6.96. The number of nitrogens with zero attached hydrogens (tertiary/aromatic N) is 2. The zero-order valence-electron chi connectivity index (χ0n) is 15.5. The van der Waals surface area contributed by atoms with E-state index < -0.39 is 0 Å². The Balaban J connectivity index is 1.60. The van der Waals surface area contributed by atoms with Crippen molar-refractivity contribution in [3.8, 4) is 11.5 Å². The highest BCUT2D eigenvalue weighted by Gasteiger charge is 2.18. The first kappa shape index (κ1) is 18.5. The number of benzene rings is 1. The van der Waals surface area contributed by atoms with E-state index in [0.717, 1.165) is 19.6 Å². The summed E-state index contributed by atoms with van der Waals surface area (Å²) >= 11 is 0. The van der Waals surface area contributed by atoms with E-state index in [1.807, 2.05) is 0 Å². The van der Waals surface area contributed by atoms with Crippen LogP contribution in [0.4, 0.5) is 0 Å². The van der Waals surface area contributed by atoms with Crippen molar-refractivity contribution in [3.05, 3.63) is 23.8 Å². The van der Waals surface area contributed by atoms with Crippen molar-refractivity contribution in [1.29, 1.82) is 0 Å². The van der Waals surface area contributed by atoms with Crippen LogP contribution in [-0.2, 0) is 4.74 Å². The molecule has 1 amide bonds. The number of rotatable bonds is 6. The lowest BCUT2D eigenvalue weighted by atomic mass is 10.2. The maximum Gasteiger partial charge on any atom is 0.291 e. The number of ether oxygens (including phenoxy) is 3. The van der Waals surface area contributed by atoms with Crippen LogP contribution < -0.4 is 14.8 Å². The van der Waals surface area contributed by atoms with Crippen LogP contribution in [0.1, 0.15) is 37.0 Å². The maximum atomic E-state index is 12.5. The summed E-state index contributed by atoms with van der Waals surface area (Å²) < 4.78 is 16.3. The number of hydrogen-bond donors (Lipinski definition) is 1. The third-order valence-corrected chi connectivity index (χ3v) is 4.28. The van der Waals surface area contributed by atoms with Crippen molar-refractivity contribution in [2.45, 2.75) is 26.7 Å². The molecule has 0 saturated carbocycles. The molecule has 2 aliphatic heterocycles. The summed E-state index contributed by atoms with van der Waals surface area (Å²) in [4.78, 5) is 19.4. The van der Waals surface area contributed by atoms with Gasteiger partial charge in [-0.05, 0) is 50.0 Å². The Morgan fingerprint density at radius 3 is 2.81 bits per heavy atom. The van der Waals surface area contributed by atoms with Crippen LogP contribution in [0.25, 0.3) is 0 Å². The van der Waals surface area contributed by atoms with Gasteiger partial charge in [0.2, 0.25) is 6.79 Å². The minimum Gasteiger partial charge on any atom is -0.465 e. The molecule has 7 heteroatoms. The molecule has 0 radical (unpaired) electrons.